The average Bonchev–Trinajstić information content (AvgIpc) is 2.61. The van der Waals surface area contributed by atoms with E-state index in [1.165, 1.54) is 0 Å². The van der Waals surface area contributed by atoms with Crippen LogP contribution in [0.2, 0.25) is 5.02 Å². The van der Waals surface area contributed by atoms with Crippen LogP contribution >= 0.6 is 11.6 Å². The van der Waals surface area contributed by atoms with E-state index >= 15 is 0 Å². The van der Waals surface area contributed by atoms with Crippen molar-refractivity contribution in [1.82, 2.24) is 14.9 Å². The number of morpholine rings is 1. The van der Waals surface area contributed by atoms with Gasteiger partial charge in [-0.3, -0.25) is 4.79 Å². The van der Waals surface area contributed by atoms with Gasteiger partial charge in [0.2, 0.25) is 0 Å². The van der Waals surface area contributed by atoms with Gasteiger partial charge in [-0.15, -0.1) is 0 Å². The Labute approximate surface area is 150 Å². The normalized spacial score (nSPS) is 14.3. The zero-order valence-electron chi connectivity index (χ0n) is 14.1. The van der Waals surface area contributed by atoms with Crippen molar-refractivity contribution in [1.29, 1.82) is 0 Å². The minimum absolute atomic E-state index is 0.121. The first kappa shape index (κ1) is 17.4. The van der Waals surface area contributed by atoms with E-state index < -0.39 is 0 Å². The van der Waals surface area contributed by atoms with Crippen molar-refractivity contribution >= 4 is 29.0 Å². The number of aromatic nitrogens is 2. The molecular weight excluding hydrogens is 344 g/mol. The maximum Gasteiger partial charge on any atom is 0.272 e. The Morgan fingerprint density at radius 1 is 1.28 bits per heavy atom. The fourth-order valence-corrected chi connectivity index (χ4v) is 2.82. The van der Waals surface area contributed by atoms with E-state index in [-0.39, 0.29) is 5.91 Å². The molecule has 0 unspecified atom stereocenters. The molecule has 1 aromatic heterocycles. The topological polar surface area (TPSA) is 76.6 Å². The quantitative estimate of drug-likeness (QED) is 0.901. The number of amides is 1. The fourth-order valence-electron chi connectivity index (χ4n) is 2.56. The summed E-state index contributed by atoms with van der Waals surface area (Å²) in [6.45, 7) is 3.98. The molecule has 7 nitrogen and oxygen atoms in total. The van der Waals surface area contributed by atoms with Crippen LogP contribution in [0.15, 0.2) is 24.3 Å². The summed E-state index contributed by atoms with van der Waals surface area (Å²) in [6.07, 6.45) is 0. The lowest BCUT2D eigenvalue weighted by Crippen LogP contribution is -2.41. The highest BCUT2D eigenvalue weighted by molar-refractivity contribution is 6.32. The van der Waals surface area contributed by atoms with Crippen molar-refractivity contribution in [3.8, 4) is 5.75 Å². The molecule has 0 atom stereocenters. The summed E-state index contributed by atoms with van der Waals surface area (Å²) in [5.74, 6) is 1.52. The molecule has 1 amide bonds. The van der Waals surface area contributed by atoms with Gasteiger partial charge in [0, 0.05) is 24.8 Å². The minimum atomic E-state index is -0.121. The van der Waals surface area contributed by atoms with E-state index in [2.05, 4.69) is 15.3 Å². The third-order valence-corrected chi connectivity index (χ3v) is 4.07. The van der Waals surface area contributed by atoms with Crippen molar-refractivity contribution < 1.29 is 14.3 Å². The first-order valence-electron chi connectivity index (χ1n) is 7.90. The Morgan fingerprint density at radius 2 is 2.04 bits per heavy atom. The van der Waals surface area contributed by atoms with E-state index in [4.69, 9.17) is 21.1 Å². The van der Waals surface area contributed by atoms with Gasteiger partial charge in [-0.1, -0.05) is 11.6 Å². The number of aryl methyl sites for hydroxylation is 1. The summed E-state index contributed by atoms with van der Waals surface area (Å²) >= 11 is 6.14. The molecule has 0 aliphatic carbocycles. The second-order valence-electron chi connectivity index (χ2n) is 5.56. The number of benzene rings is 1. The average molecular weight is 363 g/mol. The SMILES string of the molecule is COc1ccc(Nc2cc(C(=O)N3CCOCC3)nc(C)n2)cc1Cl. The van der Waals surface area contributed by atoms with Crippen molar-refractivity contribution in [2.45, 2.75) is 6.92 Å². The number of hydrogen-bond donors (Lipinski definition) is 1. The van der Waals surface area contributed by atoms with Crippen LogP contribution in [0.1, 0.15) is 16.3 Å². The van der Waals surface area contributed by atoms with Crippen molar-refractivity contribution in [2.24, 2.45) is 0 Å². The van der Waals surface area contributed by atoms with E-state index in [0.29, 0.717) is 54.4 Å². The van der Waals surface area contributed by atoms with Gasteiger partial charge in [0.25, 0.3) is 5.91 Å². The minimum Gasteiger partial charge on any atom is -0.495 e. The second kappa shape index (κ2) is 7.67. The van der Waals surface area contributed by atoms with Gasteiger partial charge >= 0.3 is 0 Å². The van der Waals surface area contributed by atoms with Crippen molar-refractivity contribution in [3.63, 3.8) is 0 Å². The molecule has 1 aliphatic heterocycles. The standard InChI is InChI=1S/C17H19ClN4O3/c1-11-19-14(17(23)22-5-7-25-8-6-22)10-16(20-11)21-12-3-4-15(24-2)13(18)9-12/h3-4,9-10H,5-8H2,1-2H3,(H,19,20,21). The molecule has 3 rings (SSSR count). The highest BCUT2D eigenvalue weighted by Gasteiger charge is 2.20. The van der Waals surface area contributed by atoms with Gasteiger partial charge in [-0.05, 0) is 25.1 Å². The summed E-state index contributed by atoms with van der Waals surface area (Å²) < 4.78 is 10.4. The highest BCUT2D eigenvalue weighted by Crippen LogP contribution is 2.28. The summed E-state index contributed by atoms with van der Waals surface area (Å²) in [4.78, 5) is 22.9. The van der Waals surface area contributed by atoms with E-state index in [9.17, 15) is 4.79 Å². The predicted octanol–water partition coefficient (Wildman–Crippen LogP) is 2.66. The first-order chi connectivity index (χ1) is 12.1. The molecule has 2 aromatic rings. The van der Waals surface area contributed by atoms with Crippen molar-refractivity contribution in [2.75, 3.05) is 38.7 Å². The molecule has 8 heteroatoms. The molecule has 132 valence electrons. The monoisotopic (exact) mass is 362 g/mol. The molecule has 0 spiro atoms. The highest BCUT2D eigenvalue weighted by atomic mass is 35.5. The van der Waals surface area contributed by atoms with E-state index in [1.807, 2.05) is 6.07 Å². The van der Waals surface area contributed by atoms with Gasteiger partial charge in [0.15, 0.2) is 0 Å². The Morgan fingerprint density at radius 3 is 2.72 bits per heavy atom. The zero-order valence-corrected chi connectivity index (χ0v) is 14.8. The molecule has 25 heavy (non-hydrogen) atoms. The van der Waals surface area contributed by atoms with Gasteiger partial charge in [0.1, 0.15) is 23.1 Å². The molecule has 2 heterocycles. The number of halogens is 1. The Balaban J connectivity index is 1.81. The number of anilines is 2. The van der Waals surface area contributed by atoms with Gasteiger partial charge in [-0.2, -0.15) is 0 Å². The summed E-state index contributed by atoms with van der Waals surface area (Å²) in [5, 5.41) is 3.64. The molecule has 1 aliphatic rings. The molecule has 1 N–H and O–H groups in total. The second-order valence-corrected chi connectivity index (χ2v) is 5.97. The molecule has 0 radical (unpaired) electrons. The molecule has 1 fully saturated rings. The van der Waals surface area contributed by atoms with Crippen LogP contribution < -0.4 is 10.1 Å². The number of methoxy groups -OCH3 is 1. The van der Waals surface area contributed by atoms with Gasteiger partial charge in [-0.25, -0.2) is 9.97 Å². The number of hydrogen-bond acceptors (Lipinski definition) is 6. The lowest BCUT2D eigenvalue weighted by atomic mass is 10.2. The first-order valence-corrected chi connectivity index (χ1v) is 8.28. The smallest absolute Gasteiger partial charge is 0.272 e. The number of nitrogens with one attached hydrogen (secondary N) is 1. The van der Waals surface area contributed by atoms with E-state index in [1.54, 1.807) is 37.1 Å². The summed E-state index contributed by atoms with van der Waals surface area (Å²) in [5.41, 5.74) is 1.10. The van der Waals surface area contributed by atoms with Crippen LogP contribution in [0.25, 0.3) is 0 Å². The number of rotatable bonds is 4. The molecule has 0 bridgehead atoms. The molecule has 1 saturated heterocycles. The largest absolute Gasteiger partial charge is 0.495 e. The number of ether oxygens (including phenoxy) is 2. The summed E-state index contributed by atoms with van der Waals surface area (Å²) in [6, 6.07) is 6.97. The maximum absolute atomic E-state index is 12.6. The van der Waals surface area contributed by atoms with Gasteiger partial charge in [0.05, 0.1) is 25.3 Å². The molecular formula is C17H19ClN4O3. The predicted molar refractivity (Wildman–Crippen MR) is 94.8 cm³/mol. The number of carbonyl (C=O) groups excluding carboxylic acids is 1. The Hall–Kier alpha value is -2.38. The van der Waals surface area contributed by atoms with Crippen LogP contribution in [-0.2, 0) is 4.74 Å². The molecule has 0 saturated carbocycles. The van der Waals surface area contributed by atoms with E-state index in [0.717, 1.165) is 5.69 Å². The van der Waals surface area contributed by atoms with Crippen LogP contribution in [0, 0.1) is 6.92 Å². The lowest BCUT2D eigenvalue weighted by molar-refractivity contribution is 0.0299. The summed E-state index contributed by atoms with van der Waals surface area (Å²) in [7, 11) is 1.56. The third kappa shape index (κ3) is 4.18. The van der Waals surface area contributed by atoms with Crippen molar-refractivity contribution in [3.05, 3.63) is 40.8 Å². The Kier molecular flexibility index (Phi) is 5.35. The number of nitrogens with zero attached hydrogens (tertiary/aromatic N) is 3. The fraction of sp³-hybridized carbons (Fsp3) is 0.353. The van der Waals surface area contributed by atoms with Crippen LogP contribution in [0.3, 0.4) is 0 Å². The zero-order chi connectivity index (χ0) is 17.8. The van der Waals surface area contributed by atoms with Crippen LogP contribution in [-0.4, -0.2) is 54.2 Å². The lowest BCUT2D eigenvalue weighted by Gasteiger charge is -2.26. The number of carbonyl (C=O) groups is 1. The molecule has 1 aromatic carbocycles. The third-order valence-electron chi connectivity index (χ3n) is 3.78. The van der Waals surface area contributed by atoms with Gasteiger partial charge < -0.3 is 19.7 Å². The van der Waals surface area contributed by atoms with Crippen LogP contribution in [0.5, 0.6) is 5.75 Å². The maximum atomic E-state index is 12.6. The Bertz CT molecular complexity index is 778. The van der Waals surface area contributed by atoms with Crippen LogP contribution in [0.4, 0.5) is 11.5 Å².